The van der Waals surface area contributed by atoms with Gasteiger partial charge in [-0.1, -0.05) is 61.2 Å². The third kappa shape index (κ3) is 4.68. The van der Waals surface area contributed by atoms with Gasteiger partial charge in [0.25, 0.3) is 0 Å². The summed E-state index contributed by atoms with van der Waals surface area (Å²) in [6, 6.07) is 15.6. The first-order valence-corrected chi connectivity index (χ1v) is 12.3. The average molecular weight is 465 g/mol. The molecule has 0 unspecified atom stereocenters. The summed E-state index contributed by atoms with van der Waals surface area (Å²) in [6.07, 6.45) is 6.53. The lowest BCUT2D eigenvalue weighted by Crippen LogP contribution is -2.53. The fourth-order valence-corrected chi connectivity index (χ4v) is 5.41. The van der Waals surface area contributed by atoms with E-state index in [-0.39, 0.29) is 12.5 Å². The maximum atomic E-state index is 13.2. The molecule has 0 bridgehead atoms. The van der Waals surface area contributed by atoms with Crippen molar-refractivity contribution >= 4 is 28.4 Å². The van der Waals surface area contributed by atoms with Crippen LogP contribution < -0.4 is 5.69 Å². The first kappa shape index (κ1) is 22.1. The minimum Gasteiger partial charge on any atom is -0.339 e. The second kappa shape index (κ2) is 9.65. The van der Waals surface area contributed by atoms with Crippen LogP contribution in [0, 0.1) is 0 Å². The third-order valence-corrected chi connectivity index (χ3v) is 7.28. The predicted octanol–water partition coefficient (Wildman–Crippen LogP) is 4.19. The summed E-state index contributed by atoms with van der Waals surface area (Å²) in [4.78, 5) is 35.0. The summed E-state index contributed by atoms with van der Waals surface area (Å²) in [5.74, 6) is -0.0362. The van der Waals surface area contributed by atoms with E-state index in [0.29, 0.717) is 35.4 Å². The van der Waals surface area contributed by atoms with Crippen LogP contribution in [0.5, 0.6) is 0 Å². The Labute approximate surface area is 198 Å². The number of amides is 1. The van der Waals surface area contributed by atoms with Gasteiger partial charge in [-0.15, -0.1) is 0 Å². The molecule has 1 amide bonds. The molecule has 1 aliphatic heterocycles. The minimum atomic E-state index is -0.419. The maximum absolute atomic E-state index is 13.2. The van der Waals surface area contributed by atoms with E-state index in [2.05, 4.69) is 9.88 Å². The van der Waals surface area contributed by atoms with Crippen molar-refractivity contribution in [2.45, 2.75) is 44.7 Å². The number of carbonyl (C=O) groups excluding carboxylic acids is 1. The summed E-state index contributed by atoms with van der Waals surface area (Å²) in [6.45, 7) is 3.23. The Balaban J connectivity index is 1.38. The van der Waals surface area contributed by atoms with Crippen molar-refractivity contribution in [1.82, 2.24) is 19.4 Å². The summed E-state index contributed by atoms with van der Waals surface area (Å²) in [5, 5.41) is 1.33. The number of nitrogens with zero attached hydrogens (tertiary/aromatic N) is 4. The normalized spacial score (nSPS) is 18.0. The van der Waals surface area contributed by atoms with Crippen LogP contribution in [0.25, 0.3) is 22.2 Å². The largest absolute Gasteiger partial charge is 0.349 e. The van der Waals surface area contributed by atoms with Gasteiger partial charge < -0.3 is 4.90 Å². The quantitative estimate of drug-likeness (QED) is 0.580. The van der Waals surface area contributed by atoms with Crippen LogP contribution in [0.4, 0.5) is 0 Å². The van der Waals surface area contributed by atoms with Crippen molar-refractivity contribution in [2.24, 2.45) is 0 Å². The zero-order valence-electron chi connectivity index (χ0n) is 18.8. The zero-order chi connectivity index (χ0) is 22.8. The van der Waals surface area contributed by atoms with Gasteiger partial charge in [0, 0.05) is 48.2 Å². The third-order valence-electron chi connectivity index (χ3n) is 7.04. The first-order valence-electron chi connectivity index (χ1n) is 11.9. The first-order chi connectivity index (χ1) is 16.1. The summed E-state index contributed by atoms with van der Waals surface area (Å²) in [5.41, 5.74) is 1.69. The smallest absolute Gasteiger partial charge is 0.339 e. The van der Waals surface area contributed by atoms with Crippen molar-refractivity contribution < 1.29 is 4.79 Å². The van der Waals surface area contributed by atoms with Crippen LogP contribution in [0.1, 0.15) is 32.1 Å². The number of carbonyl (C=O) groups is 1. The topological polar surface area (TPSA) is 58.4 Å². The van der Waals surface area contributed by atoms with Crippen LogP contribution in [0.3, 0.4) is 0 Å². The second-order valence-corrected chi connectivity index (χ2v) is 9.50. The molecule has 0 spiro atoms. The Bertz CT molecular complexity index is 1200. The predicted molar refractivity (Wildman–Crippen MR) is 131 cm³/mol. The molecule has 0 radical (unpaired) electrons. The van der Waals surface area contributed by atoms with E-state index in [4.69, 9.17) is 11.6 Å². The monoisotopic (exact) mass is 464 g/mol. The molecule has 3 aromatic rings. The van der Waals surface area contributed by atoms with Gasteiger partial charge in [-0.25, -0.2) is 4.79 Å². The van der Waals surface area contributed by atoms with E-state index in [1.54, 1.807) is 6.07 Å². The van der Waals surface area contributed by atoms with Gasteiger partial charge in [-0.3, -0.25) is 14.3 Å². The van der Waals surface area contributed by atoms with Crippen molar-refractivity contribution in [1.29, 1.82) is 0 Å². The zero-order valence-corrected chi connectivity index (χ0v) is 19.5. The Hall–Kier alpha value is -2.70. The molecule has 2 heterocycles. The highest BCUT2D eigenvalue weighted by molar-refractivity contribution is 6.31. The molecule has 2 fully saturated rings. The fraction of sp³-hybridized carbons (Fsp3) is 0.423. The SMILES string of the molecule is O=C(Cn1c(=O)nc(-c2ccccc2)c2cc(Cl)ccc21)N1CCN(C2CCCCC2)CC1. The molecule has 0 N–H and O–H groups in total. The Kier molecular flexibility index (Phi) is 6.47. The van der Waals surface area contributed by atoms with Gasteiger partial charge >= 0.3 is 5.69 Å². The number of benzene rings is 2. The number of hydrogen-bond acceptors (Lipinski definition) is 4. The lowest BCUT2D eigenvalue weighted by atomic mass is 9.94. The van der Waals surface area contributed by atoms with Gasteiger partial charge in [0.2, 0.25) is 5.91 Å². The second-order valence-electron chi connectivity index (χ2n) is 9.07. The molecule has 7 heteroatoms. The van der Waals surface area contributed by atoms with E-state index < -0.39 is 5.69 Å². The van der Waals surface area contributed by atoms with E-state index in [9.17, 15) is 9.59 Å². The molecule has 33 heavy (non-hydrogen) atoms. The summed E-state index contributed by atoms with van der Waals surface area (Å²) >= 11 is 6.28. The van der Waals surface area contributed by atoms with E-state index >= 15 is 0 Å². The van der Waals surface area contributed by atoms with Crippen LogP contribution in [0.2, 0.25) is 5.02 Å². The van der Waals surface area contributed by atoms with Crippen molar-refractivity contribution in [2.75, 3.05) is 26.2 Å². The van der Waals surface area contributed by atoms with Gasteiger partial charge in [0.05, 0.1) is 11.2 Å². The fourth-order valence-electron chi connectivity index (χ4n) is 5.24. The molecule has 0 atom stereocenters. The molecule has 1 saturated carbocycles. The molecule has 172 valence electrons. The van der Waals surface area contributed by atoms with Crippen molar-refractivity contribution in [3.63, 3.8) is 0 Å². The van der Waals surface area contributed by atoms with Gasteiger partial charge in [-0.05, 0) is 31.0 Å². The Morgan fingerprint density at radius 1 is 0.970 bits per heavy atom. The lowest BCUT2D eigenvalue weighted by molar-refractivity contribution is -0.134. The van der Waals surface area contributed by atoms with E-state index in [1.165, 1.54) is 36.7 Å². The van der Waals surface area contributed by atoms with Gasteiger partial charge in [-0.2, -0.15) is 4.98 Å². The molecule has 1 aliphatic carbocycles. The van der Waals surface area contributed by atoms with E-state index in [1.807, 2.05) is 47.4 Å². The Morgan fingerprint density at radius 2 is 1.70 bits per heavy atom. The number of aromatic nitrogens is 2. The molecular weight excluding hydrogens is 436 g/mol. The van der Waals surface area contributed by atoms with Crippen LogP contribution >= 0.6 is 11.6 Å². The molecule has 1 aromatic heterocycles. The number of piperazine rings is 1. The van der Waals surface area contributed by atoms with Gasteiger partial charge in [0.15, 0.2) is 0 Å². The highest BCUT2D eigenvalue weighted by atomic mass is 35.5. The van der Waals surface area contributed by atoms with E-state index in [0.717, 1.165) is 24.0 Å². The van der Waals surface area contributed by atoms with Crippen LogP contribution in [-0.2, 0) is 11.3 Å². The molecule has 5 rings (SSSR count). The van der Waals surface area contributed by atoms with Crippen LogP contribution in [-0.4, -0.2) is 57.5 Å². The molecule has 6 nitrogen and oxygen atoms in total. The average Bonchev–Trinajstić information content (AvgIpc) is 2.86. The van der Waals surface area contributed by atoms with Crippen molar-refractivity contribution in [3.05, 3.63) is 64.0 Å². The highest BCUT2D eigenvalue weighted by Gasteiger charge is 2.27. The van der Waals surface area contributed by atoms with Crippen molar-refractivity contribution in [3.8, 4) is 11.3 Å². The number of rotatable bonds is 4. The molecule has 2 aromatic carbocycles. The molecule has 2 aliphatic rings. The Morgan fingerprint density at radius 3 is 2.42 bits per heavy atom. The minimum absolute atomic E-state index is 0.0114. The number of fused-ring (bicyclic) bond motifs is 1. The summed E-state index contributed by atoms with van der Waals surface area (Å²) < 4.78 is 1.48. The molecular formula is C26H29ClN4O2. The summed E-state index contributed by atoms with van der Waals surface area (Å²) in [7, 11) is 0. The lowest BCUT2D eigenvalue weighted by Gasteiger charge is -2.40. The number of halogens is 1. The maximum Gasteiger partial charge on any atom is 0.349 e. The van der Waals surface area contributed by atoms with Gasteiger partial charge in [0.1, 0.15) is 6.54 Å². The van der Waals surface area contributed by atoms with Crippen LogP contribution in [0.15, 0.2) is 53.3 Å². The highest BCUT2D eigenvalue weighted by Crippen LogP contribution is 2.28. The standard InChI is InChI=1S/C26H29ClN4O2/c27-20-11-12-23-22(17-20)25(19-7-3-1-4-8-19)28-26(33)31(23)18-24(32)30-15-13-29(14-16-30)21-9-5-2-6-10-21/h1,3-4,7-8,11-12,17,21H,2,5-6,9-10,13-16,18H2. The molecule has 1 saturated heterocycles. The number of hydrogen-bond donors (Lipinski definition) is 0.